The van der Waals surface area contributed by atoms with Crippen LogP contribution in [0, 0.1) is 19.3 Å². The summed E-state index contributed by atoms with van der Waals surface area (Å²) in [4.78, 5) is 16.8. The van der Waals surface area contributed by atoms with Gasteiger partial charge >= 0.3 is 0 Å². The number of likely N-dealkylation sites (N-methyl/N-ethyl adjacent to an activating group) is 2. The van der Waals surface area contributed by atoms with Gasteiger partial charge in [-0.2, -0.15) is 4.31 Å². The second kappa shape index (κ2) is 7.18. The van der Waals surface area contributed by atoms with E-state index in [1.54, 1.807) is 32.8 Å². The van der Waals surface area contributed by atoms with E-state index >= 15 is 0 Å². The van der Waals surface area contributed by atoms with E-state index in [9.17, 15) is 13.2 Å². The van der Waals surface area contributed by atoms with Crippen LogP contribution in [-0.4, -0.2) is 80.4 Å². The van der Waals surface area contributed by atoms with Gasteiger partial charge in [-0.15, -0.1) is 0 Å². The Morgan fingerprint density at radius 3 is 2.33 bits per heavy atom. The molecule has 3 heterocycles. The number of nitrogens with zero attached hydrogens (tertiary/aromatic N) is 4. The zero-order chi connectivity index (χ0) is 20.0. The van der Waals surface area contributed by atoms with Crippen LogP contribution in [-0.2, 0) is 14.8 Å². The predicted molar refractivity (Wildman–Crippen MR) is 101 cm³/mol. The van der Waals surface area contributed by atoms with Crippen LogP contribution in [0.3, 0.4) is 0 Å². The normalized spacial score (nSPS) is 24.3. The molecule has 2 aliphatic rings. The first-order valence-corrected chi connectivity index (χ1v) is 10.9. The minimum atomic E-state index is -3.63. The molecular weight excluding hydrogens is 368 g/mol. The van der Waals surface area contributed by atoms with Crippen molar-refractivity contribution in [1.29, 1.82) is 0 Å². The Kier molecular flexibility index (Phi) is 5.39. The van der Waals surface area contributed by atoms with Gasteiger partial charge in [-0.1, -0.05) is 5.16 Å². The maximum Gasteiger partial charge on any atom is 0.248 e. The summed E-state index contributed by atoms with van der Waals surface area (Å²) in [5.74, 6) is 0.435. The number of carbonyl (C=O) groups excluding carboxylic acids is 1. The van der Waals surface area contributed by atoms with Crippen molar-refractivity contribution in [3.05, 3.63) is 11.5 Å². The molecule has 1 unspecified atom stereocenters. The van der Waals surface area contributed by atoms with Crippen molar-refractivity contribution in [2.24, 2.45) is 5.41 Å². The predicted octanol–water partition coefficient (Wildman–Crippen LogP) is 1.24. The van der Waals surface area contributed by atoms with Gasteiger partial charge in [0.1, 0.15) is 10.6 Å². The molecule has 0 aliphatic carbocycles. The number of sulfonamides is 1. The fraction of sp³-hybridized carbons (Fsp3) is 0.778. The average Bonchev–Trinajstić information content (AvgIpc) is 2.94. The van der Waals surface area contributed by atoms with E-state index in [4.69, 9.17) is 4.52 Å². The van der Waals surface area contributed by atoms with Crippen LogP contribution >= 0.6 is 0 Å². The number of aromatic nitrogens is 1. The highest BCUT2D eigenvalue weighted by atomic mass is 32.2. The summed E-state index contributed by atoms with van der Waals surface area (Å²) in [5, 5.41) is 3.79. The highest BCUT2D eigenvalue weighted by Gasteiger charge is 2.50. The molecule has 27 heavy (non-hydrogen) atoms. The Morgan fingerprint density at radius 1 is 1.19 bits per heavy atom. The molecule has 2 saturated heterocycles. The Morgan fingerprint density at radius 2 is 1.81 bits per heavy atom. The van der Waals surface area contributed by atoms with Crippen LogP contribution in [0.5, 0.6) is 0 Å². The Balaban J connectivity index is 1.84. The van der Waals surface area contributed by atoms with Crippen molar-refractivity contribution in [3.8, 4) is 0 Å². The number of hydrogen-bond donors (Lipinski definition) is 0. The SMILES string of the molecule is Cc1noc(C)c1S(=O)(=O)N1CCC2(CCCN(C)C2C(=O)N(C)C)CC1. The van der Waals surface area contributed by atoms with Crippen LogP contribution in [0.15, 0.2) is 9.42 Å². The van der Waals surface area contributed by atoms with E-state index in [-0.39, 0.29) is 22.3 Å². The molecule has 1 amide bonds. The van der Waals surface area contributed by atoms with Crippen LogP contribution in [0.4, 0.5) is 0 Å². The first-order valence-electron chi connectivity index (χ1n) is 9.44. The summed E-state index contributed by atoms with van der Waals surface area (Å²) in [5.41, 5.74) is 0.227. The lowest BCUT2D eigenvalue weighted by molar-refractivity contribution is -0.143. The molecule has 0 bridgehead atoms. The molecule has 1 spiro atoms. The number of aryl methyl sites for hydroxylation is 2. The average molecular weight is 399 g/mol. The molecule has 0 radical (unpaired) electrons. The lowest BCUT2D eigenvalue weighted by atomic mass is 9.67. The van der Waals surface area contributed by atoms with E-state index in [1.165, 1.54) is 4.31 Å². The fourth-order valence-electron chi connectivity index (χ4n) is 4.78. The Labute approximate surface area is 161 Å². The number of likely N-dealkylation sites (tertiary alicyclic amines) is 1. The minimum Gasteiger partial charge on any atom is -0.360 e. The topological polar surface area (TPSA) is 87.0 Å². The third-order valence-electron chi connectivity index (χ3n) is 6.16. The molecule has 8 nitrogen and oxygen atoms in total. The standard InChI is InChI=1S/C18H30N4O4S/c1-13-15(14(2)26-19-13)27(24,25)22-11-8-18(9-12-22)7-6-10-21(5)16(18)17(23)20(3)4/h16H,6-12H2,1-5H3. The first kappa shape index (κ1) is 20.3. The number of carbonyl (C=O) groups is 1. The molecule has 9 heteroatoms. The summed E-state index contributed by atoms with van der Waals surface area (Å²) in [6.07, 6.45) is 3.36. The van der Waals surface area contributed by atoms with Crippen LogP contribution in [0.1, 0.15) is 37.1 Å². The molecule has 0 saturated carbocycles. The van der Waals surface area contributed by atoms with Crippen molar-refractivity contribution in [1.82, 2.24) is 19.3 Å². The zero-order valence-electron chi connectivity index (χ0n) is 16.9. The third kappa shape index (κ3) is 3.40. The number of piperidine rings is 2. The lowest BCUT2D eigenvalue weighted by Crippen LogP contribution is -2.61. The number of amides is 1. The zero-order valence-corrected chi connectivity index (χ0v) is 17.7. The monoisotopic (exact) mass is 398 g/mol. The molecule has 1 aromatic heterocycles. The Bertz CT molecular complexity index is 790. The molecule has 2 aliphatic heterocycles. The van der Waals surface area contributed by atoms with E-state index in [1.807, 2.05) is 7.05 Å². The Hall–Kier alpha value is -1.45. The summed E-state index contributed by atoms with van der Waals surface area (Å²) < 4.78 is 32.8. The van der Waals surface area contributed by atoms with E-state index in [0.717, 1.165) is 19.4 Å². The molecule has 3 rings (SSSR count). The number of rotatable bonds is 3. The lowest BCUT2D eigenvalue weighted by Gasteiger charge is -2.52. The van der Waals surface area contributed by atoms with Gasteiger partial charge in [-0.05, 0) is 58.5 Å². The van der Waals surface area contributed by atoms with Crippen LogP contribution < -0.4 is 0 Å². The van der Waals surface area contributed by atoms with Gasteiger partial charge < -0.3 is 9.42 Å². The van der Waals surface area contributed by atoms with Crippen molar-refractivity contribution < 1.29 is 17.7 Å². The maximum absolute atomic E-state index is 13.1. The van der Waals surface area contributed by atoms with Gasteiger partial charge in [-0.3, -0.25) is 9.69 Å². The quantitative estimate of drug-likeness (QED) is 0.761. The molecule has 2 fully saturated rings. The van der Waals surface area contributed by atoms with Crippen LogP contribution in [0.25, 0.3) is 0 Å². The summed E-state index contributed by atoms with van der Waals surface area (Å²) >= 11 is 0. The molecule has 0 N–H and O–H groups in total. The fourth-order valence-corrected chi connectivity index (χ4v) is 6.51. The third-order valence-corrected chi connectivity index (χ3v) is 8.31. The highest BCUT2D eigenvalue weighted by molar-refractivity contribution is 7.89. The maximum atomic E-state index is 13.1. The van der Waals surface area contributed by atoms with Gasteiger partial charge in [0, 0.05) is 27.2 Å². The van der Waals surface area contributed by atoms with E-state index < -0.39 is 10.0 Å². The molecule has 152 valence electrons. The van der Waals surface area contributed by atoms with Gasteiger partial charge in [0.2, 0.25) is 15.9 Å². The van der Waals surface area contributed by atoms with Gasteiger partial charge in [0.15, 0.2) is 5.76 Å². The second-order valence-electron chi connectivity index (χ2n) is 8.14. The van der Waals surface area contributed by atoms with Crippen molar-refractivity contribution in [3.63, 3.8) is 0 Å². The van der Waals surface area contributed by atoms with Crippen molar-refractivity contribution in [2.75, 3.05) is 40.8 Å². The number of hydrogen-bond acceptors (Lipinski definition) is 6. The smallest absolute Gasteiger partial charge is 0.248 e. The minimum absolute atomic E-state index is 0.110. The van der Waals surface area contributed by atoms with Crippen LogP contribution in [0.2, 0.25) is 0 Å². The second-order valence-corrected chi connectivity index (χ2v) is 10.0. The van der Waals surface area contributed by atoms with Gasteiger partial charge in [0.05, 0.1) is 6.04 Å². The summed E-state index contributed by atoms with van der Waals surface area (Å²) in [6.45, 7) is 5.00. The van der Waals surface area contributed by atoms with E-state index in [0.29, 0.717) is 37.4 Å². The summed E-state index contributed by atoms with van der Waals surface area (Å²) in [6, 6.07) is -0.190. The van der Waals surface area contributed by atoms with Crippen molar-refractivity contribution >= 4 is 15.9 Å². The van der Waals surface area contributed by atoms with Gasteiger partial charge in [0.25, 0.3) is 0 Å². The van der Waals surface area contributed by atoms with Gasteiger partial charge in [-0.25, -0.2) is 8.42 Å². The molecule has 0 aromatic carbocycles. The highest BCUT2D eigenvalue weighted by Crippen LogP contribution is 2.45. The largest absolute Gasteiger partial charge is 0.360 e. The van der Waals surface area contributed by atoms with Crippen molar-refractivity contribution in [2.45, 2.75) is 50.5 Å². The molecule has 1 aromatic rings. The summed E-state index contributed by atoms with van der Waals surface area (Å²) in [7, 11) is 1.94. The molecule has 1 atom stereocenters. The van der Waals surface area contributed by atoms with E-state index in [2.05, 4.69) is 10.1 Å². The molecular formula is C18H30N4O4S. The first-order chi connectivity index (χ1) is 12.6.